The number of ether oxygens (including phenoxy) is 7. The minimum absolute atomic E-state index is 0.0308. The van der Waals surface area contributed by atoms with Gasteiger partial charge in [0.2, 0.25) is 5.60 Å². The molecular formula is C56H102NO17P. The molecule has 0 radical (unpaired) electrons. The molecule has 0 aromatic heterocycles. The Kier molecular flexibility index (Phi) is 49.0. The molecule has 0 unspecified atom stereocenters. The van der Waals surface area contributed by atoms with Crippen LogP contribution in [0.5, 0.6) is 0 Å². The summed E-state index contributed by atoms with van der Waals surface area (Å²) in [7, 11) is 0.360. The van der Waals surface area contributed by atoms with Gasteiger partial charge in [-0.05, 0) is 104 Å². The summed E-state index contributed by atoms with van der Waals surface area (Å²) in [6, 6.07) is 0. The highest BCUT2D eigenvalue weighted by Crippen LogP contribution is 2.39. The lowest BCUT2D eigenvalue weighted by molar-refractivity contribution is -0.191. The number of nitrogens with zero attached hydrogens (tertiary/aromatic N) is 1. The predicted octanol–water partition coefficient (Wildman–Crippen LogP) is 11.9. The third-order valence-corrected chi connectivity index (χ3v) is 13.3. The number of rotatable bonds is 54. The first-order chi connectivity index (χ1) is 36.4. The van der Waals surface area contributed by atoms with Crippen molar-refractivity contribution in [2.24, 2.45) is 0 Å². The molecule has 0 aromatic carbocycles. The third kappa shape index (κ3) is 44.3. The van der Waals surface area contributed by atoms with Crippen LogP contribution in [-0.2, 0) is 80.3 Å². The standard InChI is InChI=1S/C56H102NO17P/c1-7-12-15-18-24-34-49(58)65-40-27-21-30-43-68-53(62)47-56(55(64)70-45-32-23-29-42-67-51(60)36-26-20-17-14-9-3,74-52(61)37-39-57(6)38-33-46-73-75(71-10-4)72-11-5)48-54(63)69-44-31-22-28-41-66-50(59)35-25-19-16-13-8-2/h7-48H2,1-6H3. The smallest absolute Gasteiger partial charge is 0.351 e. The molecule has 18 nitrogen and oxygen atoms in total. The van der Waals surface area contributed by atoms with Crippen molar-refractivity contribution in [3.05, 3.63) is 0 Å². The number of esters is 7. The summed E-state index contributed by atoms with van der Waals surface area (Å²) in [6.45, 7) is 12.7. The maximum atomic E-state index is 14.2. The van der Waals surface area contributed by atoms with Gasteiger partial charge in [-0.3, -0.25) is 28.8 Å². The van der Waals surface area contributed by atoms with Crippen LogP contribution in [0.25, 0.3) is 0 Å². The maximum Gasteiger partial charge on any atom is 0.351 e. The van der Waals surface area contributed by atoms with Crippen LogP contribution in [0.3, 0.4) is 0 Å². The number of hydrogen-bond donors (Lipinski definition) is 0. The van der Waals surface area contributed by atoms with E-state index in [9.17, 15) is 33.6 Å². The van der Waals surface area contributed by atoms with Crippen LogP contribution in [0.2, 0.25) is 0 Å². The molecule has 0 saturated heterocycles. The van der Waals surface area contributed by atoms with Crippen LogP contribution in [-0.4, -0.2) is 132 Å². The molecule has 0 spiro atoms. The summed E-state index contributed by atoms with van der Waals surface area (Å²) < 4.78 is 55.4. The van der Waals surface area contributed by atoms with E-state index < -0.39 is 50.9 Å². The molecule has 0 amide bonds. The first kappa shape index (κ1) is 71.6. The van der Waals surface area contributed by atoms with Gasteiger partial charge in [0.1, 0.15) is 0 Å². The molecule has 0 aromatic rings. The predicted molar refractivity (Wildman–Crippen MR) is 288 cm³/mol. The summed E-state index contributed by atoms with van der Waals surface area (Å²) in [6.07, 6.45) is 20.0. The number of carbonyl (C=O) groups excluding carboxylic acids is 7. The zero-order chi connectivity index (χ0) is 55.5. The van der Waals surface area contributed by atoms with E-state index in [4.69, 9.17) is 46.7 Å². The highest BCUT2D eigenvalue weighted by Gasteiger charge is 2.49. The highest BCUT2D eigenvalue weighted by atomic mass is 31.2. The van der Waals surface area contributed by atoms with Gasteiger partial charge >= 0.3 is 50.4 Å². The molecule has 0 saturated carbocycles. The Morgan fingerprint density at radius 2 is 0.693 bits per heavy atom. The van der Waals surface area contributed by atoms with E-state index in [-0.39, 0.29) is 70.5 Å². The highest BCUT2D eigenvalue weighted by molar-refractivity contribution is 7.41. The van der Waals surface area contributed by atoms with E-state index in [1.165, 1.54) is 0 Å². The molecule has 0 N–H and O–H groups in total. The van der Waals surface area contributed by atoms with Crippen LogP contribution in [0.4, 0.5) is 0 Å². The van der Waals surface area contributed by atoms with E-state index in [1.807, 2.05) is 25.8 Å². The summed E-state index contributed by atoms with van der Waals surface area (Å²) >= 11 is 0. The quantitative estimate of drug-likeness (QED) is 0.0239. The third-order valence-electron chi connectivity index (χ3n) is 12.0. The van der Waals surface area contributed by atoms with E-state index >= 15 is 0 Å². The number of carbonyl (C=O) groups is 7. The fraction of sp³-hybridized carbons (Fsp3) is 0.875. The second-order valence-corrected chi connectivity index (χ2v) is 20.3. The summed E-state index contributed by atoms with van der Waals surface area (Å²) in [5.41, 5.74) is -2.41. The van der Waals surface area contributed by atoms with Gasteiger partial charge in [0, 0.05) is 32.4 Å². The van der Waals surface area contributed by atoms with Crippen molar-refractivity contribution in [2.45, 2.75) is 239 Å². The minimum atomic E-state index is -2.41. The van der Waals surface area contributed by atoms with Crippen molar-refractivity contribution >= 4 is 50.4 Å². The Balaban J connectivity index is 5.84. The second-order valence-electron chi connectivity index (χ2n) is 19.0. The first-order valence-corrected chi connectivity index (χ1v) is 30.0. The Labute approximate surface area is 453 Å². The topological polar surface area (TPSA) is 215 Å². The fourth-order valence-corrected chi connectivity index (χ4v) is 8.48. The van der Waals surface area contributed by atoms with Crippen molar-refractivity contribution in [1.82, 2.24) is 4.90 Å². The molecule has 0 atom stereocenters. The van der Waals surface area contributed by atoms with Gasteiger partial charge in [-0.1, -0.05) is 97.8 Å². The molecular weight excluding hydrogens is 990 g/mol. The van der Waals surface area contributed by atoms with E-state index in [0.717, 1.165) is 96.3 Å². The van der Waals surface area contributed by atoms with E-state index in [2.05, 4.69) is 20.8 Å². The summed E-state index contributed by atoms with van der Waals surface area (Å²) in [5.74, 6) is -4.42. The Bertz CT molecular complexity index is 1410. The lowest BCUT2D eigenvalue weighted by Crippen LogP contribution is -2.49. The van der Waals surface area contributed by atoms with Crippen LogP contribution in [0.15, 0.2) is 0 Å². The SMILES string of the molecule is CCCCCCCC(=O)OCCCCCOC(=O)CC(CC(=O)OCCCCCOC(=O)CCCCCCC)(OC(=O)CCN(C)CCCOP(OCC)OCC)C(=O)OCCCCCOC(=O)CCCCCCC. The molecule has 0 bridgehead atoms. The Morgan fingerprint density at radius 3 is 1.07 bits per heavy atom. The van der Waals surface area contributed by atoms with Gasteiger partial charge in [-0.15, -0.1) is 0 Å². The molecule has 0 aliphatic carbocycles. The zero-order valence-electron chi connectivity index (χ0n) is 47.5. The average Bonchev–Trinajstić information content (AvgIpc) is 3.38. The van der Waals surface area contributed by atoms with Crippen LogP contribution in [0, 0.1) is 0 Å². The number of unbranched alkanes of at least 4 members (excludes halogenated alkanes) is 18. The van der Waals surface area contributed by atoms with Crippen molar-refractivity contribution in [3.63, 3.8) is 0 Å². The lowest BCUT2D eigenvalue weighted by atomic mass is 9.94. The van der Waals surface area contributed by atoms with Gasteiger partial charge in [0.25, 0.3) is 0 Å². The van der Waals surface area contributed by atoms with Crippen LogP contribution >= 0.6 is 8.60 Å². The fourth-order valence-electron chi connectivity index (χ4n) is 7.55. The number of hydrogen-bond acceptors (Lipinski definition) is 18. The van der Waals surface area contributed by atoms with Gasteiger partial charge < -0.3 is 51.6 Å². The lowest BCUT2D eigenvalue weighted by Gasteiger charge is -2.30. The van der Waals surface area contributed by atoms with Crippen LogP contribution in [0.1, 0.15) is 234 Å². The molecule has 0 rings (SSSR count). The molecule has 75 heavy (non-hydrogen) atoms. The summed E-state index contributed by atoms with van der Waals surface area (Å²) in [5, 5.41) is 0. The van der Waals surface area contributed by atoms with Crippen molar-refractivity contribution in [3.8, 4) is 0 Å². The molecule has 0 aliphatic heterocycles. The second kappa shape index (κ2) is 51.3. The van der Waals surface area contributed by atoms with Gasteiger partial charge in [-0.2, -0.15) is 0 Å². The largest absolute Gasteiger partial charge is 0.466 e. The van der Waals surface area contributed by atoms with Gasteiger partial charge in [0.05, 0.1) is 78.7 Å². The van der Waals surface area contributed by atoms with E-state index in [1.54, 1.807) is 0 Å². The summed E-state index contributed by atoms with van der Waals surface area (Å²) in [4.78, 5) is 93.3. The van der Waals surface area contributed by atoms with Crippen LogP contribution < -0.4 is 0 Å². The maximum absolute atomic E-state index is 14.2. The monoisotopic (exact) mass is 1090 g/mol. The Hall–Kier alpha value is -3.44. The van der Waals surface area contributed by atoms with Crippen molar-refractivity contribution in [2.75, 3.05) is 79.6 Å². The molecule has 0 heterocycles. The normalized spacial score (nSPS) is 11.4. The van der Waals surface area contributed by atoms with Crippen molar-refractivity contribution in [1.29, 1.82) is 0 Å². The van der Waals surface area contributed by atoms with Gasteiger partial charge in [0.15, 0.2) is 0 Å². The zero-order valence-corrected chi connectivity index (χ0v) is 48.4. The van der Waals surface area contributed by atoms with E-state index in [0.29, 0.717) is 110 Å². The molecule has 0 aliphatic rings. The average molecular weight is 1090 g/mol. The molecule has 0 fully saturated rings. The van der Waals surface area contributed by atoms with Crippen molar-refractivity contribution < 1.29 is 80.3 Å². The first-order valence-electron chi connectivity index (χ1n) is 28.9. The van der Waals surface area contributed by atoms with Gasteiger partial charge in [-0.25, -0.2) is 4.79 Å². The Morgan fingerprint density at radius 1 is 0.347 bits per heavy atom. The molecule has 19 heteroatoms. The molecule has 438 valence electrons. The minimum Gasteiger partial charge on any atom is -0.466 e.